The molecule has 6 nitrogen and oxygen atoms in total. The van der Waals surface area contributed by atoms with E-state index in [0.717, 1.165) is 25.7 Å². The number of nitrogens with zero attached hydrogens (tertiary/aromatic N) is 1. The number of anilines is 1. The average Bonchev–Trinajstić information content (AvgIpc) is 2.82. The van der Waals surface area contributed by atoms with Gasteiger partial charge in [0.2, 0.25) is 0 Å². The van der Waals surface area contributed by atoms with Gasteiger partial charge in [-0.2, -0.15) is 0 Å². The third kappa shape index (κ3) is 3.56. The van der Waals surface area contributed by atoms with E-state index in [4.69, 9.17) is 5.11 Å². The number of hydrogen-bond acceptors (Lipinski definition) is 2. The smallest absolute Gasteiger partial charge is 0.354 e. The van der Waals surface area contributed by atoms with Gasteiger partial charge >= 0.3 is 12.0 Å². The lowest BCUT2D eigenvalue weighted by Gasteiger charge is -2.33. The fraction of sp³-hybridized carbons (Fsp3) is 0.600. The van der Waals surface area contributed by atoms with Crippen LogP contribution in [-0.2, 0) is 0 Å². The van der Waals surface area contributed by atoms with Gasteiger partial charge in [-0.25, -0.2) is 9.59 Å². The summed E-state index contributed by atoms with van der Waals surface area (Å²) in [5.41, 5.74) is 1.07. The zero-order valence-corrected chi connectivity index (χ0v) is 12.6. The van der Waals surface area contributed by atoms with Crippen LogP contribution in [0.4, 0.5) is 10.5 Å². The second-order valence-corrected chi connectivity index (χ2v) is 5.55. The summed E-state index contributed by atoms with van der Waals surface area (Å²) in [7, 11) is 0. The van der Waals surface area contributed by atoms with Crippen molar-refractivity contribution in [2.75, 3.05) is 11.9 Å². The highest BCUT2D eigenvalue weighted by Crippen LogP contribution is 2.24. The maximum absolute atomic E-state index is 12.4. The van der Waals surface area contributed by atoms with Gasteiger partial charge in [-0.05, 0) is 32.8 Å². The number of aromatic nitrogens is 1. The van der Waals surface area contributed by atoms with Crippen LogP contribution >= 0.6 is 0 Å². The number of rotatable bonds is 4. The van der Waals surface area contributed by atoms with Crippen LogP contribution in [0.5, 0.6) is 0 Å². The number of nitrogens with one attached hydrogen (secondary N) is 2. The highest BCUT2D eigenvalue weighted by Gasteiger charge is 2.25. The minimum atomic E-state index is -1.07. The molecule has 116 valence electrons. The average molecular weight is 293 g/mol. The zero-order chi connectivity index (χ0) is 15.4. The first kappa shape index (κ1) is 15.4. The third-order valence-electron chi connectivity index (χ3n) is 4.02. The van der Waals surface area contributed by atoms with Crippen LogP contribution in [-0.4, -0.2) is 39.6 Å². The fourth-order valence-electron chi connectivity index (χ4n) is 3.00. The lowest BCUT2D eigenvalue weighted by molar-refractivity contribution is 0.0692. The van der Waals surface area contributed by atoms with E-state index in [-0.39, 0.29) is 17.8 Å². The van der Waals surface area contributed by atoms with E-state index in [1.165, 1.54) is 6.42 Å². The molecule has 0 radical (unpaired) electrons. The number of carbonyl (C=O) groups is 2. The van der Waals surface area contributed by atoms with E-state index in [1.54, 1.807) is 13.0 Å². The highest BCUT2D eigenvalue weighted by atomic mass is 16.4. The molecule has 1 fully saturated rings. The quantitative estimate of drug-likeness (QED) is 0.796. The summed E-state index contributed by atoms with van der Waals surface area (Å²) in [4.78, 5) is 28.2. The van der Waals surface area contributed by atoms with Crippen LogP contribution < -0.4 is 5.32 Å². The Morgan fingerprint density at radius 2 is 2.05 bits per heavy atom. The molecule has 21 heavy (non-hydrogen) atoms. The standard InChI is InChI=1S/C15H23N3O3/c1-3-18(11-7-5-4-6-8-11)15(21)17-12-9-10(2)16-13(12)14(19)20/h9,11,16H,3-8H2,1-2H3,(H,17,21)(H,19,20). The molecule has 1 aliphatic rings. The van der Waals surface area contributed by atoms with Gasteiger partial charge in [0.05, 0.1) is 5.69 Å². The highest BCUT2D eigenvalue weighted by molar-refractivity contribution is 5.99. The van der Waals surface area contributed by atoms with Gasteiger partial charge in [-0.3, -0.25) is 0 Å². The van der Waals surface area contributed by atoms with Crippen LogP contribution in [0.3, 0.4) is 0 Å². The topological polar surface area (TPSA) is 85.4 Å². The van der Waals surface area contributed by atoms with Crippen molar-refractivity contribution in [3.63, 3.8) is 0 Å². The van der Waals surface area contributed by atoms with E-state index >= 15 is 0 Å². The number of carboxylic acids is 1. The number of amides is 2. The minimum absolute atomic E-state index is 0.0283. The van der Waals surface area contributed by atoms with E-state index in [2.05, 4.69) is 10.3 Å². The molecule has 0 unspecified atom stereocenters. The van der Waals surface area contributed by atoms with Crippen LogP contribution in [0.1, 0.15) is 55.2 Å². The van der Waals surface area contributed by atoms with Gasteiger partial charge in [0.25, 0.3) is 0 Å². The molecule has 0 aromatic carbocycles. The van der Waals surface area contributed by atoms with Gasteiger partial charge < -0.3 is 20.3 Å². The van der Waals surface area contributed by atoms with E-state index in [0.29, 0.717) is 17.9 Å². The molecule has 0 bridgehead atoms. The predicted octanol–water partition coefficient (Wildman–Crippen LogP) is 3.21. The molecule has 2 rings (SSSR count). The lowest BCUT2D eigenvalue weighted by Crippen LogP contribution is -2.43. The molecular formula is C15H23N3O3. The van der Waals surface area contributed by atoms with Gasteiger partial charge in [-0.1, -0.05) is 19.3 Å². The summed E-state index contributed by atoms with van der Waals surface area (Å²) >= 11 is 0. The van der Waals surface area contributed by atoms with E-state index < -0.39 is 5.97 Å². The Labute approximate surface area is 124 Å². The van der Waals surface area contributed by atoms with Crippen molar-refractivity contribution in [3.8, 4) is 0 Å². The molecule has 3 N–H and O–H groups in total. The Morgan fingerprint density at radius 1 is 1.38 bits per heavy atom. The number of carboxylic acid groups (broad SMARTS) is 1. The van der Waals surface area contributed by atoms with E-state index in [1.807, 2.05) is 11.8 Å². The third-order valence-corrected chi connectivity index (χ3v) is 4.02. The number of aryl methyl sites for hydroxylation is 1. The molecule has 1 heterocycles. The van der Waals surface area contributed by atoms with Crippen LogP contribution in [0.25, 0.3) is 0 Å². The Bertz CT molecular complexity index is 518. The SMILES string of the molecule is CCN(C(=O)Nc1cc(C)[nH]c1C(=O)O)C1CCCCC1. The number of carbonyl (C=O) groups excluding carboxylic acids is 1. The van der Waals surface area contributed by atoms with Crippen LogP contribution in [0.15, 0.2) is 6.07 Å². The summed E-state index contributed by atoms with van der Waals surface area (Å²) in [6, 6.07) is 1.69. The Hall–Kier alpha value is -1.98. The Kier molecular flexibility index (Phi) is 4.88. The van der Waals surface area contributed by atoms with Gasteiger partial charge in [0.15, 0.2) is 0 Å². The molecule has 0 saturated heterocycles. The summed E-state index contributed by atoms with van der Waals surface area (Å²) in [6.07, 6.45) is 5.59. The second kappa shape index (κ2) is 6.65. The largest absolute Gasteiger partial charge is 0.477 e. The van der Waals surface area contributed by atoms with Gasteiger partial charge in [-0.15, -0.1) is 0 Å². The molecule has 6 heteroatoms. The van der Waals surface area contributed by atoms with Gasteiger partial charge in [0, 0.05) is 18.3 Å². The Balaban J connectivity index is 2.10. The molecular weight excluding hydrogens is 270 g/mol. The number of hydrogen-bond donors (Lipinski definition) is 3. The van der Waals surface area contributed by atoms with Crippen molar-refractivity contribution in [3.05, 3.63) is 17.5 Å². The first-order valence-electron chi connectivity index (χ1n) is 7.53. The first-order valence-corrected chi connectivity index (χ1v) is 7.53. The molecule has 1 saturated carbocycles. The monoisotopic (exact) mass is 293 g/mol. The molecule has 0 aliphatic heterocycles. The summed E-state index contributed by atoms with van der Waals surface area (Å²) < 4.78 is 0. The maximum Gasteiger partial charge on any atom is 0.354 e. The maximum atomic E-state index is 12.4. The lowest BCUT2D eigenvalue weighted by atomic mass is 9.94. The first-order chi connectivity index (χ1) is 10.0. The van der Waals surface area contributed by atoms with Crippen molar-refractivity contribution in [1.29, 1.82) is 0 Å². The molecule has 0 spiro atoms. The zero-order valence-electron chi connectivity index (χ0n) is 12.6. The second-order valence-electron chi connectivity index (χ2n) is 5.55. The van der Waals surface area contributed by atoms with Crippen LogP contribution in [0.2, 0.25) is 0 Å². The predicted molar refractivity (Wildman–Crippen MR) is 80.8 cm³/mol. The number of H-pyrrole nitrogens is 1. The summed E-state index contributed by atoms with van der Waals surface area (Å²) in [5, 5.41) is 11.9. The number of urea groups is 1. The molecule has 2 amide bonds. The fourth-order valence-corrected chi connectivity index (χ4v) is 3.00. The molecule has 0 atom stereocenters. The number of aromatic amines is 1. The van der Waals surface area contributed by atoms with Crippen molar-refractivity contribution in [1.82, 2.24) is 9.88 Å². The minimum Gasteiger partial charge on any atom is -0.477 e. The summed E-state index contributed by atoms with van der Waals surface area (Å²) in [5.74, 6) is -1.07. The van der Waals surface area contributed by atoms with E-state index in [9.17, 15) is 9.59 Å². The van der Waals surface area contributed by atoms with Gasteiger partial charge in [0.1, 0.15) is 5.69 Å². The normalized spacial score (nSPS) is 15.7. The molecule has 1 aromatic heterocycles. The number of aromatic carboxylic acids is 1. The van der Waals surface area contributed by atoms with Crippen LogP contribution in [0, 0.1) is 6.92 Å². The Morgan fingerprint density at radius 3 is 2.62 bits per heavy atom. The van der Waals surface area contributed by atoms with Crippen molar-refractivity contribution < 1.29 is 14.7 Å². The van der Waals surface area contributed by atoms with Crippen molar-refractivity contribution in [2.24, 2.45) is 0 Å². The molecule has 1 aromatic rings. The van der Waals surface area contributed by atoms with Crippen molar-refractivity contribution >= 4 is 17.7 Å². The van der Waals surface area contributed by atoms with Crippen molar-refractivity contribution in [2.45, 2.75) is 52.0 Å². The molecule has 1 aliphatic carbocycles. The summed E-state index contributed by atoms with van der Waals surface area (Å²) in [6.45, 7) is 4.35.